The van der Waals surface area contributed by atoms with E-state index in [0.29, 0.717) is 5.92 Å². The van der Waals surface area contributed by atoms with Crippen molar-refractivity contribution in [1.29, 1.82) is 0 Å². The Morgan fingerprint density at radius 3 is 2.79 bits per heavy atom. The molecule has 1 aromatic rings. The molecule has 0 radical (unpaired) electrons. The minimum atomic E-state index is 0. The first-order valence-corrected chi connectivity index (χ1v) is 5.19. The van der Waals surface area contributed by atoms with Crippen molar-refractivity contribution < 1.29 is 26.2 Å². The van der Waals surface area contributed by atoms with Gasteiger partial charge in [-0.05, 0) is 17.5 Å². The van der Waals surface area contributed by atoms with Crippen molar-refractivity contribution in [1.82, 2.24) is 0 Å². The Morgan fingerprint density at radius 2 is 2.00 bits per heavy atom. The SMILES string of the molecule is CCCCC1C=Cc2ccccc21.[Zr]. The Hall–Kier alpha value is -0.157. The van der Waals surface area contributed by atoms with Crippen LogP contribution in [0.1, 0.15) is 43.2 Å². The molecular weight excluding hydrogens is 247 g/mol. The first-order chi connectivity index (χ1) is 6.42. The van der Waals surface area contributed by atoms with Crippen LogP contribution in [0.4, 0.5) is 0 Å². The van der Waals surface area contributed by atoms with Gasteiger partial charge in [0.1, 0.15) is 0 Å². The van der Waals surface area contributed by atoms with Gasteiger partial charge in [0.15, 0.2) is 0 Å². The average Bonchev–Trinajstić information content (AvgIpc) is 2.58. The summed E-state index contributed by atoms with van der Waals surface area (Å²) in [6, 6.07) is 8.73. The van der Waals surface area contributed by atoms with E-state index in [1.807, 2.05) is 0 Å². The van der Waals surface area contributed by atoms with Crippen molar-refractivity contribution in [3.63, 3.8) is 0 Å². The van der Waals surface area contributed by atoms with Crippen LogP contribution in [-0.2, 0) is 26.2 Å². The molecule has 72 valence electrons. The van der Waals surface area contributed by atoms with Crippen LogP contribution < -0.4 is 0 Å². The molecule has 0 amide bonds. The maximum Gasteiger partial charge on any atom is 0.00272 e. The molecule has 0 saturated carbocycles. The van der Waals surface area contributed by atoms with E-state index in [9.17, 15) is 0 Å². The predicted molar refractivity (Wildman–Crippen MR) is 57.7 cm³/mol. The Morgan fingerprint density at radius 1 is 1.21 bits per heavy atom. The van der Waals surface area contributed by atoms with Crippen molar-refractivity contribution >= 4 is 6.08 Å². The summed E-state index contributed by atoms with van der Waals surface area (Å²) >= 11 is 0. The zero-order chi connectivity index (χ0) is 9.10. The third-order valence-electron chi connectivity index (χ3n) is 2.77. The quantitative estimate of drug-likeness (QED) is 0.774. The van der Waals surface area contributed by atoms with E-state index in [1.54, 1.807) is 0 Å². The molecule has 0 nitrogen and oxygen atoms in total. The molecule has 0 spiro atoms. The molecule has 0 aromatic heterocycles. The van der Waals surface area contributed by atoms with Gasteiger partial charge in [0.25, 0.3) is 0 Å². The molecule has 1 unspecified atom stereocenters. The zero-order valence-corrected chi connectivity index (χ0v) is 11.1. The first-order valence-electron chi connectivity index (χ1n) is 5.19. The van der Waals surface area contributed by atoms with Crippen LogP contribution in [0.3, 0.4) is 0 Å². The summed E-state index contributed by atoms with van der Waals surface area (Å²) in [5.74, 6) is 0.691. The van der Waals surface area contributed by atoms with E-state index in [2.05, 4.69) is 43.3 Å². The summed E-state index contributed by atoms with van der Waals surface area (Å²) in [5, 5.41) is 0. The predicted octanol–water partition coefficient (Wildman–Crippen LogP) is 3.98. The van der Waals surface area contributed by atoms with E-state index < -0.39 is 0 Å². The van der Waals surface area contributed by atoms with Crippen LogP contribution in [0, 0.1) is 0 Å². The van der Waals surface area contributed by atoms with Crippen molar-refractivity contribution in [3.05, 3.63) is 41.5 Å². The Bertz CT molecular complexity index is 315. The van der Waals surface area contributed by atoms with Crippen LogP contribution in [0.15, 0.2) is 30.3 Å². The second-order valence-electron chi connectivity index (χ2n) is 3.74. The van der Waals surface area contributed by atoms with E-state index >= 15 is 0 Å². The van der Waals surface area contributed by atoms with Crippen molar-refractivity contribution in [2.24, 2.45) is 0 Å². The number of fused-ring (bicyclic) bond motifs is 1. The van der Waals surface area contributed by atoms with Crippen LogP contribution in [0.5, 0.6) is 0 Å². The summed E-state index contributed by atoms with van der Waals surface area (Å²) < 4.78 is 0. The van der Waals surface area contributed by atoms with Gasteiger partial charge in [-0.2, -0.15) is 0 Å². The molecule has 0 saturated heterocycles. The average molecular weight is 263 g/mol. The Labute approximate surface area is 106 Å². The molecule has 1 atom stereocenters. The number of unbranched alkanes of at least 4 members (excludes halogenated alkanes) is 1. The monoisotopic (exact) mass is 262 g/mol. The van der Waals surface area contributed by atoms with E-state index in [0.717, 1.165) is 0 Å². The minimum absolute atomic E-state index is 0. The molecule has 1 aliphatic carbocycles. The van der Waals surface area contributed by atoms with Crippen molar-refractivity contribution in [2.45, 2.75) is 32.1 Å². The molecule has 0 N–H and O–H groups in total. The Kier molecular flexibility index (Phi) is 4.82. The van der Waals surface area contributed by atoms with Crippen LogP contribution in [0.25, 0.3) is 6.08 Å². The first kappa shape index (κ1) is 11.9. The van der Waals surface area contributed by atoms with Crippen molar-refractivity contribution in [3.8, 4) is 0 Å². The molecule has 1 aliphatic rings. The maximum absolute atomic E-state index is 2.35. The van der Waals surface area contributed by atoms with Gasteiger partial charge < -0.3 is 0 Å². The second-order valence-corrected chi connectivity index (χ2v) is 3.74. The van der Waals surface area contributed by atoms with Crippen LogP contribution in [-0.4, -0.2) is 0 Å². The molecule has 1 aromatic carbocycles. The topological polar surface area (TPSA) is 0 Å². The van der Waals surface area contributed by atoms with Gasteiger partial charge in [0, 0.05) is 32.1 Å². The Balaban J connectivity index is 0.000000980. The molecule has 1 heteroatoms. The van der Waals surface area contributed by atoms with Gasteiger partial charge in [-0.15, -0.1) is 0 Å². The molecule has 0 aliphatic heterocycles. The second kappa shape index (κ2) is 5.66. The standard InChI is InChI=1S/C13H16.Zr/c1-2-3-6-11-9-10-12-7-4-5-8-13(11)12;/h4-5,7-11H,2-3,6H2,1H3;. The number of hydrogen-bond donors (Lipinski definition) is 0. The fourth-order valence-electron chi connectivity index (χ4n) is 2.00. The fraction of sp³-hybridized carbons (Fsp3) is 0.385. The van der Waals surface area contributed by atoms with Gasteiger partial charge >= 0.3 is 0 Å². The minimum Gasteiger partial charge on any atom is -0.0764 e. The number of hydrogen-bond acceptors (Lipinski definition) is 0. The van der Waals surface area contributed by atoms with Crippen LogP contribution in [0.2, 0.25) is 0 Å². The summed E-state index contributed by atoms with van der Waals surface area (Å²) in [4.78, 5) is 0. The number of allylic oxidation sites excluding steroid dienone is 1. The summed E-state index contributed by atoms with van der Waals surface area (Å²) in [7, 11) is 0. The van der Waals surface area contributed by atoms with Crippen LogP contribution >= 0.6 is 0 Å². The fourth-order valence-corrected chi connectivity index (χ4v) is 2.00. The summed E-state index contributed by atoms with van der Waals surface area (Å²) in [6.07, 6.45) is 8.55. The van der Waals surface area contributed by atoms with Gasteiger partial charge in [-0.3, -0.25) is 0 Å². The largest absolute Gasteiger partial charge is 0.0764 e. The normalized spacial score (nSPS) is 17.6. The third kappa shape index (κ3) is 2.45. The van der Waals surface area contributed by atoms with Crippen molar-refractivity contribution in [2.75, 3.05) is 0 Å². The molecule has 0 heterocycles. The third-order valence-corrected chi connectivity index (χ3v) is 2.77. The summed E-state index contributed by atoms with van der Waals surface area (Å²) in [6.45, 7) is 2.25. The van der Waals surface area contributed by atoms with Gasteiger partial charge in [-0.25, -0.2) is 0 Å². The molecular formula is C13H16Zr. The molecule has 0 fully saturated rings. The smallest absolute Gasteiger partial charge is 0.00272 e. The zero-order valence-electron chi connectivity index (χ0n) is 8.66. The van der Waals surface area contributed by atoms with E-state index in [-0.39, 0.29) is 26.2 Å². The molecule has 0 bridgehead atoms. The molecule has 2 rings (SSSR count). The maximum atomic E-state index is 2.35. The van der Waals surface area contributed by atoms with Gasteiger partial charge in [0.05, 0.1) is 0 Å². The van der Waals surface area contributed by atoms with E-state index in [4.69, 9.17) is 0 Å². The molecule has 14 heavy (non-hydrogen) atoms. The van der Waals surface area contributed by atoms with Gasteiger partial charge in [0.2, 0.25) is 0 Å². The van der Waals surface area contributed by atoms with Gasteiger partial charge in [-0.1, -0.05) is 56.2 Å². The number of benzene rings is 1. The summed E-state index contributed by atoms with van der Waals surface area (Å²) in [5.41, 5.74) is 2.94. The van der Waals surface area contributed by atoms with E-state index in [1.165, 1.54) is 30.4 Å². The number of rotatable bonds is 3.